The standard InChI is InChI=1S/C23H31N3O6S/c1-17(27)18-4-6-20(7-5-18)33(30,31)26-10-8-19(9-11-26)22(28)24-12-14-25(15-13-24)23(29)21-3-2-16-32-21/h4-7,19,21H,2-3,8-16H2,1H3. The van der Waals surface area contributed by atoms with Crippen molar-refractivity contribution in [3.8, 4) is 0 Å². The minimum Gasteiger partial charge on any atom is -0.368 e. The number of carbonyl (C=O) groups is 3. The molecule has 0 aromatic heterocycles. The van der Waals surface area contributed by atoms with E-state index in [1.165, 1.54) is 35.5 Å². The van der Waals surface area contributed by atoms with Crippen LogP contribution in [0.25, 0.3) is 0 Å². The van der Waals surface area contributed by atoms with Gasteiger partial charge in [-0.15, -0.1) is 0 Å². The van der Waals surface area contributed by atoms with Gasteiger partial charge in [0.1, 0.15) is 6.10 Å². The second-order valence-corrected chi connectivity index (χ2v) is 10.8. The molecule has 0 N–H and O–H groups in total. The molecule has 3 heterocycles. The van der Waals surface area contributed by atoms with Crippen molar-refractivity contribution in [1.29, 1.82) is 0 Å². The highest BCUT2D eigenvalue weighted by atomic mass is 32.2. The quantitative estimate of drug-likeness (QED) is 0.589. The van der Waals surface area contributed by atoms with Crippen LogP contribution in [0.1, 0.15) is 43.0 Å². The van der Waals surface area contributed by atoms with E-state index in [4.69, 9.17) is 4.74 Å². The molecule has 180 valence electrons. The molecule has 1 aromatic rings. The van der Waals surface area contributed by atoms with Gasteiger partial charge < -0.3 is 14.5 Å². The van der Waals surface area contributed by atoms with Crippen LogP contribution in [0, 0.1) is 5.92 Å². The number of hydrogen-bond donors (Lipinski definition) is 0. The number of piperazine rings is 1. The van der Waals surface area contributed by atoms with Gasteiger partial charge in [0.2, 0.25) is 15.9 Å². The zero-order valence-electron chi connectivity index (χ0n) is 18.9. The van der Waals surface area contributed by atoms with Crippen LogP contribution < -0.4 is 0 Å². The summed E-state index contributed by atoms with van der Waals surface area (Å²) in [7, 11) is -3.66. The first-order chi connectivity index (χ1) is 15.8. The van der Waals surface area contributed by atoms with E-state index in [9.17, 15) is 22.8 Å². The molecule has 3 saturated heterocycles. The van der Waals surface area contributed by atoms with Crippen LogP contribution in [0.15, 0.2) is 29.2 Å². The minimum atomic E-state index is -3.66. The number of amides is 2. The van der Waals surface area contributed by atoms with E-state index in [-0.39, 0.29) is 47.6 Å². The first-order valence-corrected chi connectivity index (χ1v) is 13.0. The number of sulfonamides is 1. The highest BCUT2D eigenvalue weighted by Crippen LogP contribution is 2.26. The number of ether oxygens (including phenoxy) is 1. The van der Waals surface area contributed by atoms with Crippen LogP contribution in [-0.2, 0) is 24.3 Å². The molecule has 0 saturated carbocycles. The lowest BCUT2D eigenvalue weighted by atomic mass is 9.96. The Bertz CT molecular complexity index is 988. The number of carbonyl (C=O) groups excluding carboxylic acids is 3. The molecule has 0 radical (unpaired) electrons. The SMILES string of the molecule is CC(=O)c1ccc(S(=O)(=O)N2CCC(C(=O)N3CCN(C(=O)C4CCCO4)CC3)CC2)cc1. The normalized spacial score (nSPS) is 23.0. The van der Waals surface area contributed by atoms with Crippen LogP contribution in [0.3, 0.4) is 0 Å². The zero-order valence-corrected chi connectivity index (χ0v) is 19.8. The van der Waals surface area contributed by atoms with Crippen molar-refractivity contribution in [1.82, 2.24) is 14.1 Å². The lowest BCUT2D eigenvalue weighted by Gasteiger charge is -2.38. The Labute approximate surface area is 194 Å². The second kappa shape index (κ2) is 9.90. The van der Waals surface area contributed by atoms with Crippen molar-refractivity contribution >= 4 is 27.6 Å². The van der Waals surface area contributed by atoms with Gasteiger partial charge in [0.15, 0.2) is 5.78 Å². The largest absolute Gasteiger partial charge is 0.368 e. The summed E-state index contributed by atoms with van der Waals surface area (Å²) in [6, 6.07) is 5.96. The third kappa shape index (κ3) is 5.12. The van der Waals surface area contributed by atoms with Crippen molar-refractivity contribution in [3.63, 3.8) is 0 Å². The summed E-state index contributed by atoms with van der Waals surface area (Å²) in [5.74, 6) is -0.260. The Morgan fingerprint density at radius 1 is 0.848 bits per heavy atom. The number of nitrogens with zero attached hydrogens (tertiary/aromatic N) is 3. The number of piperidine rings is 1. The average molecular weight is 478 g/mol. The topological polar surface area (TPSA) is 104 Å². The second-order valence-electron chi connectivity index (χ2n) is 8.91. The number of Topliss-reactive ketones (excluding diaryl/α,β-unsaturated/α-hetero) is 1. The zero-order chi connectivity index (χ0) is 23.6. The van der Waals surface area contributed by atoms with Crippen LogP contribution in [0.4, 0.5) is 0 Å². The van der Waals surface area contributed by atoms with Gasteiger partial charge in [0, 0.05) is 57.4 Å². The maximum Gasteiger partial charge on any atom is 0.251 e. The highest BCUT2D eigenvalue weighted by molar-refractivity contribution is 7.89. The molecule has 3 aliphatic rings. The molecular weight excluding hydrogens is 446 g/mol. The van der Waals surface area contributed by atoms with Gasteiger partial charge in [-0.3, -0.25) is 14.4 Å². The Balaban J connectivity index is 1.28. The molecule has 2 amide bonds. The Morgan fingerprint density at radius 2 is 1.42 bits per heavy atom. The summed E-state index contributed by atoms with van der Waals surface area (Å²) in [4.78, 5) is 40.7. The summed E-state index contributed by atoms with van der Waals surface area (Å²) in [5.41, 5.74) is 0.468. The molecule has 3 fully saturated rings. The van der Waals surface area contributed by atoms with Crippen molar-refractivity contribution < 1.29 is 27.5 Å². The minimum absolute atomic E-state index is 0.0226. The highest BCUT2D eigenvalue weighted by Gasteiger charge is 2.36. The Hall–Kier alpha value is -2.30. The summed E-state index contributed by atoms with van der Waals surface area (Å²) >= 11 is 0. The van der Waals surface area contributed by atoms with E-state index in [0.29, 0.717) is 51.2 Å². The van der Waals surface area contributed by atoms with Gasteiger partial charge in [-0.25, -0.2) is 8.42 Å². The molecule has 9 nitrogen and oxygen atoms in total. The van der Waals surface area contributed by atoms with Crippen molar-refractivity contribution in [2.75, 3.05) is 45.9 Å². The third-order valence-electron chi connectivity index (χ3n) is 6.81. The first kappa shape index (κ1) is 23.8. The molecule has 4 rings (SSSR count). The maximum atomic E-state index is 13.0. The number of rotatable bonds is 5. The molecule has 33 heavy (non-hydrogen) atoms. The Kier molecular flexibility index (Phi) is 7.16. The molecule has 0 spiro atoms. The summed E-state index contributed by atoms with van der Waals surface area (Å²) < 4.78 is 32.8. The van der Waals surface area contributed by atoms with Crippen LogP contribution in [0.5, 0.6) is 0 Å². The molecule has 1 aromatic carbocycles. The molecule has 3 aliphatic heterocycles. The molecular formula is C23H31N3O6S. The van der Waals surface area contributed by atoms with E-state index in [1.54, 1.807) is 9.80 Å². The monoisotopic (exact) mass is 477 g/mol. The number of hydrogen-bond acceptors (Lipinski definition) is 6. The number of benzene rings is 1. The lowest BCUT2D eigenvalue weighted by Crippen LogP contribution is -2.54. The molecule has 1 unspecified atom stereocenters. The van der Waals surface area contributed by atoms with Gasteiger partial charge >= 0.3 is 0 Å². The predicted molar refractivity (Wildman–Crippen MR) is 120 cm³/mol. The van der Waals surface area contributed by atoms with Crippen molar-refractivity contribution in [3.05, 3.63) is 29.8 Å². The van der Waals surface area contributed by atoms with Crippen LogP contribution in [0.2, 0.25) is 0 Å². The summed E-state index contributed by atoms with van der Waals surface area (Å²) in [6.07, 6.45) is 2.28. The molecule has 0 bridgehead atoms. The van der Waals surface area contributed by atoms with E-state index in [1.807, 2.05) is 0 Å². The summed E-state index contributed by atoms with van der Waals surface area (Å²) in [5, 5.41) is 0. The van der Waals surface area contributed by atoms with Gasteiger partial charge in [0.05, 0.1) is 4.90 Å². The average Bonchev–Trinajstić information content (AvgIpc) is 3.38. The summed E-state index contributed by atoms with van der Waals surface area (Å²) in [6.45, 7) is 4.65. The van der Waals surface area contributed by atoms with Crippen LogP contribution >= 0.6 is 0 Å². The van der Waals surface area contributed by atoms with Gasteiger partial charge in [-0.1, -0.05) is 12.1 Å². The van der Waals surface area contributed by atoms with Crippen molar-refractivity contribution in [2.45, 2.75) is 43.6 Å². The predicted octanol–water partition coefficient (Wildman–Crippen LogP) is 1.14. The Morgan fingerprint density at radius 3 is 1.94 bits per heavy atom. The van der Waals surface area contributed by atoms with E-state index in [2.05, 4.69) is 0 Å². The van der Waals surface area contributed by atoms with Gasteiger partial charge in [0.25, 0.3) is 5.91 Å². The maximum absolute atomic E-state index is 13.0. The fourth-order valence-electron chi connectivity index (χ4n) is 4.74. The lowest BCUT2D eigenvalue weighted by molar-refractivity contribution is -0.147. The molecule has 1 atom stereocenters. The number of ketones is 1. The van der Waals surface area contributed by atoms with Gasteiger partial charge in [-0.05, 0) is 44.7 Å². The smallest absolute Gasteiger partial charge is 0.251 e. The first-order valence-electron chi connectivity index (χ1n) is 11.6. The van der Waals surface area contributed by atoms with E-state index < -0.39 is 10.0 Å². The third-order valence-corrected chi connectivity index (χ3v) is 8.72. The fourth-order valence-corrected chi connectivity index (χ4v) is 6.20. The van der Waals surface area contributed by atoms with Gasteiger partial charge in [-0.2, -0.15) is 4.31 Å². The van der Waals surface area contributed by atoms with E-state index >= 15 is 0 Å². The fraction of sp³-hybridized carbons (Fsp3) is 0.609. The van der Waals surface area contributed by atoms with E-state index in [0.717, 1.165) is 12.8 Å². The molecule has 0 aliphatic carbocycles. The molecule has 10 heteroatoms. The van der Waals surface area contributed by atoms with Crippen molar-refractivity contribution in [2.24, 2.45) is 5.92 Å². The van der Waals surface area contributed by atoms with Crippen LogP contribution in [-0.4, -0.2) is 92.1 Å².